The second kappa shape index (κ2) is 5.21. The third-order valence-corrected chi connectivity index (χ3v) is 4.16. The molecule has 0 N–H and O–H groups in total. The molecule has 2 heterocycles. The van der Waals surface area contributed by atoms with Crippen LogP contribution in [0, 0.1) is 25.1 Å². The Morgan fingerprint density at radius 2 is 2.04 bits per heavy atom. The van der Waals surface area contributed by atoms with Gasteiger partial charge in [-0.1, -0.05) is 24.3 Å². The minimum absolute atomic E-state index is 0.183. The molecule has 0 fully saturated rings. The van der Waals surface area contributed by atoms with Crippen molar-refractivity contribution in [1.82, 2.24) is 0 Å². The second-order valence-corrected chi connectivity index (χ2v) is 5.67. The highest BCUT2D eigenvalue weighted by Crippen LogP contribution is 2.37. The smallest absolute Gasteiger partial charge is 0.216 e. The molecule has 0 spiro atoms. The molecular weight excluding hydrogens is 296 g/mol. The molecule has 2 aromatic heterocycles. The molecule has 0 aliphatic carbocycles. The van der Waals surface area contributed by atoms with Gasteiger partial charge in [0.2, 0.25) is 5.69 Å². The molecule has 3 heteroatoms. The third-order valence-electron chi connectivity index (χ3n) is 4.16. The Bertz CT molecular complexity index is 1400. The monoisotopic (exact) mass is 319 g/mol. The zero-order valence-corrected chi connectivity index (χ0v) is 13.2. The van der Waals surface area contributed by atoms with E-state index in [-0.39, 0.29) is 17.9 Å². The van der Waals surface area contributed by atoms with Crippen molar-refractivity contribution in [3.63, 3.8) is 0 Å². The van der Waals surface area contributed by atoms with E-state index in [1.807, 2.05) is 18.2 Å². The summed E-state index contributed by atoms with van der Waals surface area (Å²) in [5.41, 5.74) is 2.10. The van der Waals surface area contributed by atoms with Crippen LogP contribution in [0.25, 0.3) is 33.2 Å². The number of nitriles is 1. The summed E-state index contributed by atoms with van der Waals surface area (Å²) in [7, 11) is 1.53. The highest BCUT2D eigenvalue weighted by atomic mass is 16.3. The van der Waals surface area contributed by atoms with Gasteiger partial charge in [0.1, 0.15) is 20.1 Å². The van der Waals surface area contributed by atoms with Crippen LogP contribution in [-0.2, 0) is 7.05 Å². The average molecular weight is 319 g/mol. The molecule has 0 amide bonds. The van der Waals surface area contributed by atoms with Crippen molar-refractivity contribution >= 4 is 21.9 Å². The lowest BCUT2D eigenvalue weighted by atomic mass is 9.99. The molecule has 0 atom stereocenters. The number of aromatic nitrogens is 1. The van der Waals surface area contributed by atoms with Crippen LogP contribution < -0.4 is 4.57 Å². The predicted molar refractivity (Wildman–Crippen MR) is 94.5 cm³/mol. The van der Waals surface area contributed by atoms with Gasteiger partial charge in [-0.25, -0.2) is 4.57 Å². The molecule has 0 unspecified atom stereocenters. The van der Waals surface area contributed by atoms with Gasteiger partial charge < -0.3 is 4.42 Å². The maximum Gasteiger partial charge on any atom is 0.216 e. The van der Waals surface area contributed by atoms with E-state index in [1.165, 1.54) is 11.6 Å². The summed E-state index contributed by atoms with van der Waals surface area (Å²) in [5.74, 6) is 0. The molecule has 3 nitrogen and oxygen atoms in total. The molecule has 0 aliphatic heterocycles. The van der Waals surface area contributed by atoms with Gasteiger partial charge in [-0.2, -0.15) is 5.26 Å². The van der Waals surface area contributed by atoms with Crippen molar-refractivity contribution in [2.75, 3.05) is 0 Å². The zero-order valence-electron chi connectivity index (χ0n) is 19.2. The molecular formula is C21H17N2O+. The SMILES string of the molecule is [2H]c1c(C([2H])([2H])[2H])c([2H])c(-c2c(C)ccc3c2oc2c(C#N)cccc23)[n+](C)c1[2H]. The highest BCUT2D eigenvalue weighted by Gasteiger charge is 2.21. The van der Waals surface area contributed by atoms with Crippen LogP contribution >= 0.6 is 0 Å². The second-order valence-electron chi connectivity index (χ2n) is 5.67. The zero-order chi connectivity index (χ0) is 22.0. The Labute approximate surface area is 148 Å². The topological polar surface area (TPSA) is 40.8 Å². The number of nitrogens with zero attached hydrogens (tertiary/aromatic N) is 2. The Morgan fingerprint density at radius 1 is 1.21 bits per heavy atom. The predicted octanol–water partition coefficient (Wildman–Crippen LogP) is 4.57. The van der Waals surface area contributed by atoms with Crippen molar-refractivity contribution in [3.8, 4) is 17.3 Å². The van der Waals surface area contributed by atoms with E-state index in [0.29, 0.717) is 22.3 Å². The minimum atomic E-state index is -2.71. The number of benzene rings is 2. The lowest BCUT2D eigenvalue weighted by Crippen LogP contribution is -2.30. The summed E-state index contributed by atoms with van der Waals surface area (Å²) in [5, 5.41) is 10.9. The Balaban J connectivity index is 2.22. The molecule has 2 aromatic carbocycles. The molecule has 0 radical (unpaired) electrons. The summed E-state index contributed by atoms with van der Waals surface area (Å²) in [6, 6.07) is 10.2. The summed E-state index contributed by atoms with van der Waals surface area (Å²) < 4.78 is 55.7. The number of hydrogen-bond acceptors (Lipinski definition) is 2. The van der Waals surface area contributed by atoms with Gasteiger partial charge >= 0.3 is 0 Å². The van der Waals surface area contributed by atoms with Crippen molar-refractivity contribution in [3.05, 3.63) is 65.3 Å². The fourth-order valence-corrected chi connectivity index (χ4v) is 3.00. The summed E-state index contributed by atoms with van der Waals surface area (Å²) in [4.78, 5) is 0. The van der Waals surface area contributed by atoms with Gasteiger partial charge in [-0.15, -0.1) is 0 Å². The fraction of sp³-hybridized carbons (Fsp3) is 0.143. The number of rotatable bonds is 1. The van der Waals surface area contributed by atoms with Crippen LogP contribution in [0.2, 0.25) is 0 Å². The Kier molecular flexibility index (Phi) is 2.01. The van der Waals surface area contributed by atoms with Gasteiger partial charge in [0, 0.05) is 27.0 Å². The van der Waals surface area contributed by atoms with Crippen molar-refractivity contribution in [2.24, 2.45) is 7.05 Å². The molecule has 24 heavy (non-hydrogen) atoms. The number of furan rings is 1. The standard InChI is InChI=1S/C21H17N2O/c1-13-9-10-23(3)18(11-13)19-14(2)7-8-17-16-6-4-5-15(12-22)20(16)24-21(17)19/h4-11H,1-3H3/q+1/i1D3,9D,10D,11D. The summed E-state index contributed by atoms with van der Waals surface area (Å²) >= 11 is 0. The van der Waals surface area contributed by atoms with Crippen LogP contribution in [-0.4, -0.2) is 0 Å². The van der Waals surface area contributed by atoms with Crippen LogP contribution in [0.3, 0.4) is 0 Å². The number of hydrogen-bond donors (Lipinski definition) is 0. The molecule has 4 aromatic rings. The number of aryl methyl sites for hydroxylation is 1. The Hall–Kier alpha value is -3.12. The van der Waals surface area contributed by atoms with Gasteiger partial charge in [0.25, 0.3) is 0 Å². The van der Waals surface area contributed by atoms with Crippen LogP contribution in [0.4, 0.5) is 0 Å². The van der Waals surface area contributed by atoms with E-state index >= 15 is 0 Å². The number of fused-ring (bicyclic) bond motifs is 3. The Morgan fingerprint density at radius 3 is 2.83 bits per heavy atom. The van der Waals surface area contributed by atoms with Crippen LogP contribution in [0.1, 0.15) is 24.9 Å². The van der Waals surface area contributed by atoms with E-state index in [4.69, 9.17) is 12.6 Å². The first-order chi connectivity index (χ1) is 14.1. The number of pyridine rings is 1. The summed E-state index contributed by atoms with van der Waals surface area (Å²) in [6.07, 6.45) is -0.308. The normalized spacial score (nSPS) is 15.2. The first kappa shape index (κ1) is 9.24. The lowest BCUT2D eigenvalue weighted by molar-refractivity contribution is -0.660. The largest absolute Gasteiger partial charge is 0.454 e. The average Bonchev–Trinajstić information content (AvgIpc) is 3.05. The van der Waals surface area contributed by atoms with Gasteiger partial charge in [0.15, 0.2) is 11.8 Å². The van der Waals surface area contributed by atoms with Crippen LogP contribution in [0.15, 0.2) is 53.0 Å². The van der Waals surface area contributed by atoms with Crippen molar-refractivity contribution in [1.29, 1.82) is 5.26 Å². The molecule has 0 aliphatic rings. The van der Waals surface area contributed by atoms with E-state index in [0.717, 1.165) is 16.3 Å². The molecule has 116 valence electrons. The van der Waals surface area contributed by atoms with Gasteiger partial charge in [-0.05, 0) is 31.0 Å². The molecule has 0 saturated heterocycles. The molecule has 4 rings (SSSR count). The fourth-order valence-electron chi connectivity index (χ4n) is 3.00. The van der Waals surface area contributed by atoms with Crippen molar-refractivity contribution < 1.29 is 17.2 Å². The van der Waals surface area contributed by atoms with Crippen molar-refractivity contribution in [2.45, 2.75) is 13.8 Å². The maximum atomic E-state index is 9.43. The van der Waals surface area contributed by atoms with Gasteiger partial charge in [-0.3, -0.25) is 0 Å². The van der Waals surface area contributed by atoms with E-state index in [9.17, 15) is 5.26 Å². The van der Waals surface area contributed by atoms with E-state index in [1.54, 1.807) is 19.1 Å². The van der Waals surface area contributed by atoms with E-state index in [2.05, 4.69) is 6.07 Å². The summed E-state index contributed by atoms with van der Waals surface area (Å²) in [6.45, 7) is -0.906. The minimum Gasteiger partial charge on any atom is -0.454 e. The molecule has 0 bridgehead atoms. The van der Waals surface area contributed by atoms with Gasteiger partial charge in [0.05, 0.1) is 13.9 Å². The first-order valence-electron chi connectivity index (χ1n) is 10.4. The number of para-hydroxylation sites is 1. The third kappa shape index (κ3) is 2.00. The first-order valence-corrected chi connectivity index (χ1v) is 7.43. The van der Waals surface area contributed by atoms with E-state index < -0.39 is 18.5 Å². The maximum absolute atomic E-state index is 9.43. The van der Waals surface area contributed by atoms with Crippen LogP contribution in [0.5, 0.6) is 0 Å². The molecule has 0 saturated carbocycles. The lowest BCUT2D eigenvalue weighted by Gasteiger charge is -2.06. The quantitative estimate of drug-likeness (QED) is 0.482. The highest BCUT2D eigenvalue weighted by molar-refractivity contribution is 6.10.